The Morgan fingerprint density at radius 2 is 1.95 bits per heavy atom. The molecule has 1 unspecified atom stereocenters. The van der Waals surface area contributed by atoms with Gasteiger partial charge in [-0.2, -0.15) is 0 Å². The van der Waals surface area contributed by atoms with Gasteiger partial charge in [0.05, 0.1) is 5.52 Å². The van der Waals surface area contributed by atoms with Crippen molar-refractivity contribution in [3.8, 4) is 5.75 Å². The van der Waals surface area contributed by atoms with Crippen molar-refractivity contribution in [2.75, 3.05) is 6.54 Å². The number of ether oxygens (including phenoxy) is 1. The van der Waals surface area contributed by atoms with Crippen LogP contribution in [0.2, 0.25) is 0 Å². The van der Waals surface area contributed by atoms with Gasteiger partial charge in [-0.3, -0.25) is 4.98 Å². The summed E-state index contributed by atoms with van der Waals surface area (Å²) < 4.78 is 5.93. The number of fused-ring (bicyclic) bond motifs is 1. The smallest absolute Gasteiger partial charge is 0.120 e. The first-order chi connectivity index (χ1) is 9.78. The summed E-state index contributed by atoms with van der Waals surface area (Å²) in [6.07, 6.45) is 0.924. The maximum absolute atomic E-state index is 5.93. The number of nitrogens with two attached hydrogens (primary N) is 1. The largest absolute Gasteiger partial charge is 0.488 e. The van der Waals surface area contributed by atoms with Gasteiger partial charge >= 0.3 is 0 Å². The molecule has 21 heavy (non-hydrogen) atoms. The molecule has 0 saturated heterocycles. The molecule has 2 N–H and O–H groups in total. The van der Waals surface area contributed by atoms with Gasteiger partial charge < -0.3 is 10.5 Å². The number of hydrogen-bond donors (Lipinski definition) is 1. The summed E-state index contributed by atoms with van der Waals surface area (Å²) in [6, 6.07) is 8.28. The SMILES string of the molecule is Cc1cc(CC(C)CN)nc2ccc(OC(C)(C)C)cc12. The lowest BCUT2D eigenvalue weighted by molar-refractivity contribution is 0.131. The Labute approximate surface area is 127 Å². The van der Waals surface area contributed by atoms with Crippen molar-refractivity contribution in [2.24, 2.45) is 11.7 Å². The molecule has 0 radical (unpaired) electrons. The van der Waals surface area contributed by atoms with Gasteiger partial charge in [-0.15, -0.1) is 0 Å². The Morgan fingerprint density at radius 1 is 1.24 bits per heavy atom. The highest BCUT2D eigenvalue weighted by molar-refractivity contribution is 5.83. The van der Waals surface area contributed by atoms with Gasteiger partial charge in [0.15, 0.2) is 0 Å². The van der Waals surface area contributed by atoms with E-state index in [0.717, 1.165) is 28.8 Å². The van der Waals surface area contributed by atoms with Gasteiger partial charge in [0.25, 0.3) is 0 Å². The van der Waals surface area contributed by atoms with Crippen LogP contribution in [0.5, 0.6) is 5.75 Å². The molecule has 2 aromatic rings. The van der Waals surface area contributed by atoms with Crippen molar-refractivity contribution >= 4 is 10.9 Å². The van der Waals surface area contributed by atoms with Crippen molar-refractivity contribution in [3.63, 3.8) is 0 Å². The fourth-order valence-electron chi connectivity index (χ4n) is 2.41. The molecule has 1 atom stereocenters. The van der Waals surface area contributed by atoms with E-state index >= 15 is 0 Å². The van der Waals surface area contributed by atoms with Crippen LogP contribution in [0.3, 0.4) is 0 Å². The molecule has 0 amide bonds. The van der Waals surface area contributed by atoms with Crippen LogP contribution in [0, 0.1) is 12.8 Å². The zero-order valence-corrected chi connectivity index (χ0v) is 13.7. The second-order valence-electron chi connectivity index (χ2n) is 6.87. The first kappa shape index (κ1) is 15.8. The molecule has 0 aliphatic rings. The number of rotatable bonds is 4. The first-order valence-electron chi connectivity index (χ1n) is 7.58. The minimum Gasteiger partial charge on any atom is -0.488 e. The van der Waals surface area contributed by atoms with Gasteiger partial charge in [0.2, 0.25) is 0 Å². The molecule has 0 aliphatic heterocycles. The molecule has 3 nitrogen and oxygen atoms in total. The molecule has 1 heterocycles. The van der Waals surface area contributed by atoms with Crippen molar-refractivity contribution < 1.29 is 4.74 Å². The summed E-state index contributed by atoms with van der Waals surface area (Å²) >= 11 is 0. The van der Waals surface area contributed by atoms with E-state index in [9.17, 15) is 0 Å². The summed E-state index contributed by atoms with van der Waals surface area (Å²) in [7, 11) is 0. The quantitative estimate of drug-likeness (QED) is 0.928. The lowest BCUT2D eigenvalue weighted by Gasteiger charge is -2.21. The zero-order valence-electron chi connectivity index (χ0n) is 13.7. The highest BCUT2D eigenvalue weighted by atomic mass is 16.5. The highest BCUT2D eigenvalue weighted by Gasteiger charge is 2.13. The van der Waals surface area contributed by atoms with Crippen molar-refractivity contribution in [2.45, 2.75) is 46.6 Å². The van der Waals surface area contributed by atoms with Crippen molar-refractivity contribution in [1.82, 2.24) is 4.98 Å². The number of aromatic nitrogens is 1. The monoisotopic (exact) mass is 286 g/mol. The van der Waals surface area contributed by atoms with Gasteiger partial charge in [-0.25, -0.2) is 0 Å². The zero-order chi connectivity index (χ0) is 15.6. The van der Waals surface area contributed by atoms with Crippen LogP contribution in [0.15, 0.2) is 24.3 Å². The third kappa shape index (κ3) is 4.18. The number of pyridine rings is 1. The van der Waals surface area contributed by atoms with Gasteiger partial charge in [0.1, 0.15) is 11.4 Å². The maximum atomic E-state index is 5.93. The third-order valence-electron chi connectivity index (χ3n) is 3.42. The van der Waals surface area contributed by atoms with E-state index < -0.39 is 0 Å². The fraction of sp³-hybridized carbons (Fsp3) is 0.500. The molecule has 114 valence electrons. The summed E-state index contributed by atoms with van der Waals surface area (Å²) in [5.74, 6) is 1.35. The molecule has 0 aliphatic carbocycles. The first-order valence-corrected chi connectivity index (χ1v) is 7.58. The second kappa shape index (κ2) is 6.02. The van der Waals surface area contributed by atoms with Crippen LogP contribution in [-0.2, 0) is 6.42 Å². The standard InChI is InChI=1S/C18H26N2O/c1-12(11-19)8-14-9-13(2)16-10-15(21-18(3,4)5)6-7-17(16)20-14/h6-7,9-10,12H,8,11,19H2,1-5H3. The molecule has 0 spiro atoms. The predicted molar refractivity (Wildman–Crippen MR) is 88.8 cm³/mol. The molecule has 1 aromatic heterocycles. The molecule has 0 fully saturated rings. The number of benzene rings is 1. The molecular formula is C18H26N2O. The summed E-state index contributed by atoms with van der Waals surface area (Å²) in [5.41, 5.74) is 8.89. The molecule has 0 saturated carbocycles. The minimum absolute atomic E-state index is 0.189. The third-order valence-corrected chi connectivity index (χ3v) is 3.42. The Balaban J connectivity index is 2.36. The van der Waals surface area contributed by atoms with E-state index in [-0.39, 0.29) is 5.60 Å². The minimum atomic E-state index is -0.189. The summed E-state index contributed by atoms with van der Waals surface area (Å²) in [5, 5.41) is 1.15. The van der Waals surface area contributed by atoms with Crippen molar-refractivity contribution in [3.05, 3.63) is 35.5 Å². The summed E-state index contributed by atoms with van der Waals surface area (Å²) in [6.45, 7) is 11.1. The van der Waals surface area contributed by atoms with Crippen molar-refractivity contribution in [1.29, 1.82) is 0 Å². The predicted octanol–water partition coefficient (Wildman–Crippen LogP) is 3.86. The topological polar surface area (TPSA) is 48.1 Å². The Bertz CT molecular complexity index is 629. The van der Waals surface area contributed by atoms with E-state index in [2.05, 4.69) is 46.8 Å². The van der Waals surface area contributed by atoms with Crippen LogP contribution in [0.1, 0.15) is 39.0 Å². The van der Waals surface area contributed by atoms with Gasteiger partial charge in [-0.05, 0) is 76.4 Å². The maximum Gasteiger partial charge on any atom is 0.120 e. The molecule has 2 rings (SSSR count). The Kier molecular flexibility index (Phi) is 4.52. The number of aryl methyl sites for hydroxylation is 1. The lowest BCUT2D eigenvalue weighted by Crippen LogP contribution is -2.22. The molecule has 1 aromatic carbocycles. The number of nitrogens with zero attached hydrogens (tertiary/aromatic N) is 1. The average Bonchev–Trinajstić information content (AvgIpc) is 2.37. The Morgan fingerprint density at radius 3 is 2.57 bits per heavy atom. The van der Waals surface area contributed by atoms with E-state index in [0.29, 0.717) is 12.5 Å². The normalized spacial score (nSPS) is 13.4. The van der Waals surface area contributed by atoms with Crippen LogP contribution in [-0.4, -0.2) is 17.1 Å². The molecule has 3 heteroatoms. The van der Waals surface area contributed by atoms with E-state index in [4.69, 9.17) is 15.5 Å². The van der Waals surface area contributed by atoms with Crippen LogP contribution >= 0.6 is 0 Å². The Hall–Kier alpha value is -1.61. The summed E-state index contributed by atoms with van der Waals surface area (Å²) in [4.78, 5) is 4.75. The molecule has 0 bridgehead atoms. The van der Waals surface area contributed by atoms with E-state index in [1.54, 1.807) is 0 Å². The lowest BCUT2D eigenvalue weighted by atomic mass is 10.0. The van der Waals surface area contributed by atoms with E-state index in [1.165, 1.54) is 5.56 Å². The van der Waals surface area contributed by atoms with Crippen LogP contribution in [0.25, 0.3) is 10.9 Å². The van der Waals surface area contributed by atoms with Gasteiger partial charge in [0, 0.05) is 11.1 Å². The second-order valence-corrected chi connectivity index (χ2v) is 6.87. The van der Waals surface area contributed by atoms with Gasteiger partial charge in [-0.1, -0.05) is 6.92 Å². The fourth-order valence-corrected chi connectivity index (χ4v) is 2.41. The molecular weight excluding hydrogens is 260 g/mol. The average molecular weight is 286 g/mol. The number of hydrogen-bond acceptors (Lipinski definition) is 3. The van der Waals surface area contributed by atoms with Crippen LogP contribution in [0.4, 0.5) is 0 Å². The van der Waals surface area contributed by atoms with Crippen LogP contribution < -0.4 is 10.5 Å². The van der Waals surface area contributed by atoms with E-state index in [1.807, 2.05) is 12.1 Å². The highest BCUT2D eigenvalue weighted by Crippen LogP contribution is 2.26.